The van der Waals surface area contributed by atoms with Crippen LogP contribution < -0.4 is 4.74 Å². The van der Waals surface area contributed by atoms with E-state index in [9.17, 15) is 14.4 Å². The molecule has 32 heavy (non-hydrogen) atoms. The molecule has 3 rings (SSSR count). The molecule has 0 saturated carbocycles. The summed E-state index contributed by atoms with van der Waals surface area (Å²) in [7, 11) is 0. The number of morpholine rings is 1. The zero-order valence-corrected chi connectivity index (χ0v) is 19.4. The third kappa shape index (κ3) is 6.22. The molecule has 2 aliphatic heterocycles. The lowest BCUT2D eigenvalue weighted by molar-refractivity contribution is -0.146. The Labute approximate surface area is 189 Å². The highest BCUT2D eigenvalue weighted by Crippen LogP contribution is 2.23. The van der Waals surface area contributed by atoms with Gasteiger partial charge in [0.2, 0.25) is 0 Å². The first-order chi connectivity index (χ1) is 15.2. The van der Waals surface area contributed by atoms with E-state index in [1.807, 2.05) is 18.7 Å². The van der Waals surface area contributed by atoms with Crippen molar-refractivity contribution < 1.29 is 28.6 Å². The fourth-order valence-electron chi connectivity index (χ4n) is 4.50. The Balaban J connectivity index is 1.46. The second-order valence-electron chi connectivity index (χ2n) is 8.88. The molecule has 0 radical (unpaired) electrons. The van der Waals surface area contributed by atoms with Gasteiger partial charge in [-0.25, -0.2) is 4.79 Å². The number of hydrogen-bond acceptors (Lipinski definition) is 6. The molecule has 1 aromatic carbocycles. The Morgan fingerprint density at radius 2 is 1.50 bits per heavy atom. The van der Waals surface area contributed by atoms with Crippen LogP contribution in [0.5, 0.6) is 5.75 Å². The van der Waals surface area contributed by atoms with E-state index in [1.165, 1.54) is 0 Å². The van der Waals surface area contributed by atoms with Crippen molar-refractivity contribution in [3.63, 3.8) is 0 Å². The van der Waals surface area contributed by atoms with Crippen LogP contribution in [-0.4, -0.2) is 78.2 Å². The van der Waals surface area contributed by atoms with E-state index in [0.717, 1.165) is 19.3 Å². The largest absolute Gasteiger partial charge is 0.484 e. The molecule has 0 aliphatic carbocycles. The van der Waals surface area contributed by atoms with Gasteiger partial charge in [0.1, 0.15) is 5.75 Å². The third-order valence-electron chi connectivity index (χ3n) is 6.03. The minimum Gasteiger partial charge on any atom is -0.484 e. The minimum absolute atomic E-state index is 0.0292. The fraction of sp³-hybridized carbons (Fsp3) is 0.625. The maximum absolute atomic E-state index is 12.6. The lowest BCUT2D eigenvalue weighted by Gasteiger charge is -2.38. The summed E-state index contributed by atoms with van der Waals surface area (Å²) in [5, 5.41) is 0. The molecule has 2 fully saturated rings. The first kappa shape index (κ1) is 24.0. The summed E-state index contributed by atoms with van der Waals surface area (Å²) < 4.78 is 16.4. The van der Waals surface area contributed by atoms with Gasteiger partial charge in [-0.3, -0.25) is 9.59 Å². The maximum Gasteiger partial charge on any atom is 0.338 e. The second kappa shape index (κ2) is 10.8. The monoisotopic (exact) mass is 446 g/mol. The Bertz CT molecular complexity index is 791. The number of benzene rings is 1. The fourth-order valence-corrected chi connectivity index (χ4v) is 4.50. The lowest BCUT2D eigenvalue weighted by Crippen LogP contribution is -2.49. The summed E-state index contributed by atoms with van der Waals surface area (Å²) in [4.78, 5) is 40.8. The van der Waals surface area contributed by atoms with Gasteiger partial charge in [-0.2, -0.15) is 0 Å². The van der Waals surface area contributed by atoms with E-state index in [4.69, 9.17) is 14.2 Å². The molecule has 4 unspecified atom stereocenters. The molecule has 2 aliphatic rings. The molecule has 8 heteroatoms. The molecule has 4 atom stereocenters. The van der Waals surface area contributed by atoms with Gasteiger partial charge < -0.3 is 24.0 Å². The quantitative estimate of drug-likeness (QED) is 0.625. The average molecular weight is 447 g/mol. The van der Waals surface area contributed by atoms with Crippen molar-refractivity contribution in [2.24, 2.45) is 0 Å². The number of hydrogen-bond donors (Lipinski definition) is 0. The van der Waals surface area contributed by atoms with Gasteiger partial charge in [0.15, 0.2) is 13.2 Å². The van der Waals surface area contributed by atoms with Gasteiger partial charge in [0.05, 0.1) is 17.8 Å². The molecule has 2 saturated heterocycles. The predicted molar refractivity (Wildman–Crippen MR) is 118 cm³/mol. The van der Waals surface area contributed by atoms with Crippen molar-refractivity contribution in [2.45, 2.75) is 71.2 Å². The zero-order valence-electron chi connectivity index (χ0n) is 19.4. The van der Waals surface area contributed by atoms with E-state index in [1.54, 1.807) is 29.2 Å². The number of carbonyl (C=O) groups excluding carboxylic acids is 3. The first-order valence-corrected chi connectivity index (χ1v) is 11.4. The van der Waals surface area contributed by atoms with E-state index < -0.39 is 5.97 Å². The van der Waals surface area contributed by atoms with Crippen LogP contribution in [0.4, 0.5) is 0 Å². The van der Waals surface area contributed by atoms with Crippen molar-refractivity contribution in [3.05, 3.63) is 29.8 Å². The summed E-state index contributed by atoms with van der Waals surface area (Å²) in [6, 6.07) is 6.83. The Kier molecular flexibility index (Phi) is 8.12. The molecule has 0 N–H and O–H groups in total. The second-order valence-corrected chi connectivity index (χ2v) is 8.88. The minimum atomic E-state index is -0.578. The van der Waals surface area contributed by atoms with Crippen LogP contribution in [0, 0.1) is 0 Å². The predicted octanol–water partition coefficient (Wildman–Crippen LogP) is 2.65. The van der Waals surface area contributed by atoms with Gasteiger partial charge in [-0.05, 0) is 71.2 Å². The molecule has 8 nitrogen and oxygen atoms in total. The molecular formula is C24H34N2O6. The molecule has 0 spiro atoms. The lowest BCUT2D eigenvalue weighted by atomic mass is 9.97. The van der Waals surface area contributed by atoms with Crippen molar-refractivity contribution in [1.29, 1.82) is 0 Å². The molecule has 2 heterocycles. The Hall–Kier alpha value is -2.61. The summed E-state index contributed by atoms with van der Waals surface area (Å²) >= 11 is 0. The molecule has 1 aromatic rings. The summed E-state index contributed by atoms with van der Waals surface area (Å²) in [6.07, 6.45) is 3.08. The number of piperidine rings is 1. The summed E-state index contributed by atoms with van der Waals surface area (Å²) in [6.45, 7) is 8.58. The standard InChI is InChI=1S/C24H34N2O6/c1-16-6-5-7-17(2)26(16)23(28)15-30-21-10-8-20(9-11-21)24(29)31-14-22(27)25-12-18(3)32-19(4)13-25/h8-11,16-19H,5-7,12-15H2,1-4H3. The van der Waals surface area contributed by atoms with Gasteiger partial charge in [-0.1, -0.05) is 0 Å². The van der Waals surface area contributed by atoms with Crippen molar-refractivity contribution >= 4 is 17.8 Å². The summed E-state index contributed by atoms with van der Waals surface area (Å²) in [5.41, 5.74) is 0.318. The van der Waals surface area contributed by atoms with Crippen LogP contribution in [0.1, 0.15) is 57.3 Å². The van der Waals surface area contributed by atoms with Crippen LogP contribution in [0.25, 0.3) is 0 Å². The van der Waals surface area contributed by atoms with Gasteiger partial charge in [-0.15, -0.1) is 0 Å². The number of carbonyl (C=O) groups is 3. The van der Waals surface area contributed by atoms with Gasteiger partial charge in [0.25, 0.3) is 11.8 Å². The highest BCUT2D eigenvalue weighted by Gasteiger charge is 2.29. The SMILES string of the molecule is CC1CN(C(=O)COC(=O)c2ccc(OCC(=O)N3C(C)CCCC3C)cc2)CC(C)O1. The van der Waals surface area contributed by atoms with Crippen LogP contribution in [0.2, 0.25) is 0 Å². The third-order valence-corrected chi connectivity index (χ3v) is 6.03. The normalized spacial score (nSPS) is 25.9. The van der Waals surface area contributed by atoms with E-state index in [-0.39, 0.29) is 49.3 Å². The number of ether oxygens (including phenoxy) is 3. The molecular weight excluding hydrogens is 412 g/mol. The van der Waals surface area contributed by atoms with Gasteiger partial charge in [0, 0.05) is 25.2 Å². The Morgan fingerprint density at radius 3 is 2.09 bits per heavy atom. The van der Waals surface area contributed by atoms with E-state index >= 15 is 0 Å². The number of likely N-dealkylation sites (tertiary alicyclic amines) is 1. The number of nitrogens with zero attached hydrogens (tertiary/aromatic N) is 2. The number of esters is 1. The molecule has 0 aromatic heterocycles. The smallest absolute Gasteiger partial charge is 0.338 e. The van der Waals surface area contributed by atoms with E-state index in [2.05, 4.69) is 13.8 Å². The topological polar surface area (TPSA) is 85.4 Å². The Morgan fingerprint density at radius 1 is 0.906 bits per heavy atom. The van der Waals surface area contributed by atoms with Crippen LogP contribution in [0.15, 0.2) is 24.3 Å². The van der Waals surface area contributed by atoms with Crippen molar-refractivity contribution in [1.82, 2.24) is 9.80 Å². The van der Waals surface area contributed by atoms with E-state index in [0.29, 0.717) is 24.4 Å². The van der Waals surface area contributed by atoms with Crippen molar-refractivity contribution in [2.75, 3.05) is 26.3 Å². The van der Waals surface area contributed by atoms with Crippen molar-refractivity contribution in [3.8, 4) is 5.75 Å². The van der Waals surface area contributed by atoms with Crippen LogP contribution in [0.3, 0.4) is 0 Å². The van der Waals surface area contributed by atoms with Crippen LogP contribution in [-0.2, 0) is 19.1 Å². The van der Waals surface area contributed by atoms with Gasteiger partial charge >= 0.3 is 5.97 Å². The summed E-state index contributed by atoms with van der Waals surface area (Å²) in [5.74, 6) is -0.343. The number of rotatable bonds is 6. The first-order valence-electron chi connectivity index (χ1n) is 11.4. The van der Waals surface area contributed by atoms with Crippen LogP contribution >= 0.6 is 0 Å². The zero-order chi connectivity index (χ0) is 23.3. The maximum atomic E-state index is 12.6. The average Bonchev–Trinajstić information content (AvgIpc) is 2.75. The molecule has 0 bridgehead atoms. The highest BCUT2D eigenvalue weighted by atomic mass is 16.5. The highest BCUT2D eigenvalue weighted by molar-refractivity contribution is 5.91. The molecule has 176 valence electrons. The number of amides is 2. The molecule has 2 amide bonds.